The molecular formula is C51H59N9O7. The lowest BCUT2D eigenvalue weighted by Crippen LogP contribution is -2.51. The van der Waals surface area contributed by atoms with Gasteiger partial charge >= 0.3 is 12.2 Å². The van der Waals surface area contributed by atoms with Crippen LogP contribution < -0.4 is 20.3 Å². The molecule has 2 aromatic heterocycles. The van der Waals surface area contributed by atoms with Gasteiger partial charge in [-0.05, 0) is 122 Å². The fourth-order valence-corrected chi connectivity index (χ4v) is 10.3. The summed E-state index contributed by atoms with van der Waals surface area (Å²) in [5.74, 6) is 2.17. The van der Waals surface area contributed by atoms with E-state index in [0.29, 0.717) is 18.9 Å². The van der Waals surface area contributed by atoms with E-state index in [1.165, 1.54) is 7.11 Å². The van der Waals surface area contributed by atoms with E-state index in [0.717, 1.165) is 94.7 Å². The average molecular weight is 910 g/mol. The highest BCUT2D eigenvalue weighted by Gasteiger charge is 2.40. The molecule has 3 aliphatic heterocycles. The molecule has 4 aromatic carbocycles. The fourth-order valence-electron chi connectivity index (χ4n) is 10.3. The number of carboxylic acid groups (broad SMARTS) is 1. The maximum absolute atomic E-state index is 13.9. The Hall–Kier alpha value is -7.10. The number of hydrogen-bond donors (Lipinski definition) is 5. The second kappa shape index (κ2) is 19.0. The second-order valence-corrected chi connectivity index (χ2v) is 18.6. The molecule has 0 spiro atoms. The van der Waals surface area contributed by atoms with E-state index in [9.17, 15) is 24.3 Å². The summed E-state index contributed by atoms with van der Waals surface area (Å²) in [7, 11) is 1.29. The van der Waals surface area contributed by atoms with Gasteiger partial charge in [0.05, 0.1) is 53.3 Å². The van der Waals surface area contributed by atoms with Crippen LogP contribution >= 0.6 is 0 Å². The van der Waals surface area contributed by atoms with Crippen LogP contribution in [0, 0.1) is 11.8 Å². The van der Waals surface area contributed by atoms with E-state index >= 15 is 0 Å². The first-order valence-corrected chi connectivity index (χ1v) is 23.4. The van der Waals surface area contributed by atoms with Crippen molar-refractivity contribution in [1.82, 2.24) is 40.4 Å². The SMILES string of the molecule is COC(=O)N[C@H](C(=O)N1CCC[C@H]1c1nc2cc([C@H]3CC[C@H](c4ccc5[nH]c([C@@H]6CCCN6C(=O)[C@@H](NC(=O)O)C(C)C)nc5c4)N3c3ccc(Oc4ccccc4)cc3)ccc2[nH]1)C(C)C. The van der Waals surface area contributed by atoms with Gasteiger partial charge in [-0.25, -0.2) is 19.6 Å². The number of H-pyrrole nitrogens is 2. The summed E-state index contributed by atoms with van der Waals surface area (Å²) in [6.07, 6.45) is 2.99. The van der Waals surface area contributed by atoms with E-state index in [4.69, 9.17) is 19.4 Å². The summed E-state index contributed by atoms with van der Waals surface area (Å²) in [4.78, 5) is 74.7. The average Bonchev–Trinajstić information content (AvgIpc) is 4.18. The maximum Gasteiger partial charge on any atom is 0.407 e. The van der Waals surface area contributed by atoms with Gasteiger partial charge in [0, 0.05) is 18.8 Å². The van der Waals surface area contributed by atoms with Crippen LogP contribution in [-0.2, 0) is 14.3 Å². The summed E-state index contributed by atoms with van der Waals surface area (Å²) in [6.45, 7) is 8.60. The molecule has 4 amide bonds. The number of fused-ring (bicyclic) bond motifs is 2. The molecule has 6 atom stereocenters. The van der Waals surface area contributed by atoms with Crippen LogP contribution in [0.1, 0.15) is 113 Å². The number of amides is 4. The molecule has 0 saturated carbocycles. The molecule has 0 unspecified atom stereocenters. The molecule has 0 radical (unpaired) electrons. The molecule has 16 heteroatoms. The summed E-state index contributed by atoms with van der Waals surface area (Å²) in [6, 6.07) is 28.6. The maximum atomic E-state index is 13.9. The number of nitrogens with zero attached hydrogens (tertiary/aromatic N) is 5. The van der Waals surface area contributed by atoms with Crippen molar-refractivity contribution in [3.05, 3.63) is 114 Å². The molecule has 350 valence electrons. The number of imidazole rings is 2. The number of methoxy groups -OCH3 is 1. The van der Waals surface area contributed by atoms with Crippen molar-refractivity contribution in [3.63, 3.8) is 0 Å². The summed E-state index contributed by atoms with van der Waals surface area (Å²) in [5.41, 5.74) is 6.63. The lowest BCUT2D eigenvalue weighted by atomic mass is 10.0. The van der Waals surface area contributed by atoms with Crippen LogP contribution in [-0.4, -0.2) is 91.1 Å². The Kier molecular flexibility index (Phi) is 12.8. The molecule has 6 aromatic rings. The second-order valence-electron chi connectivity index (χ2n) is 18.6. The van der Waals surface area contributed by atoms with Crippen LogP contribution in [0.25, 0.3) is 22.1 Å². The van der Waals surface area contributed by atoms with Gasteiger partial charge in [0.25, 0.3) is 0 Å². The highest BCUT2D eigenvalue weighted by atomic mass is 16.5. The van der Waals surface area contributed by atoms with E-state index in [-0.39, 0.29) is 47.8 Å². The third-order valence-corrected chi connectivity index (χ3v) is 13.6. The van der Waals surface area contributed by atoms with E-state index in [1.807, 2.05) is 75.1 Å². The first kappa shape index (κ1) is 45.1. The number of carbonyl (C=O) groups is 4. The lowest BCUT2D eigenvalue weighted by molar-refractivity contribution is -0.136. The Morgan fingerprint density at radius 2 is 1.13 bits per heavy atom. The topological polar surface area (TPSA) is 198 Å². The van der Waals surface area contributed by atoms with Crippen molar-refractivity contribution in [2.24, 2.45) is 11.8 Å². The van der Waals surface area contributed by atoms with E-state index < -0.39 is 24.3 Å². The lowest BCUT2D eigenvalue weighted by Gasteiger charge is -2.33. The third kappa shape index (κ3) is 9.21. The standard InChI is InChI=1S/C51H59N9O7/c1-29(2)44(56-50(63)64)48(61)58-25-9-13-42(58)46-52-36-21-15-31(27-38(36)54-46)40-23-24-41(60(40)33-17-19-35(20-18-33)67-34-11-7-6-8-12-34)32-16-22-37-39(28-32)55-47(53-37)43-14-10-26-59(43)49(62)45(30(3)4)57-51(65)66-5/h6-8,11-12,15-22,27-30,40-45,56H,9-10,13-14,23-26H2,1-5H3,(H,52,54)(H,53,55)(H,57,65)(H,63,64)/t40-,41-,42+,43+,44+,45+/m1/s1. The molecule has 3 saturated heterocycles. The van der Waals surface area contributed by atoms with Crippen molar-refractivity contribution >= 4 is 51.8 Å². The van der Waals surface area contributed by atoms with Crippen LogP contribution in [0.3, 0.4) is 0 Å². The minimum absolute atomic E-state index is 0.00647. The van der Waals surface area contributed by atoms with Crippen molar-refractivity contribution < 1.29 is 33.8 Å². The highest BCUT2D eigenvalue weighted by Crippen LogP contribution is 2.48. The van der Waals surface area contributed by atoms with Gasteiger partial charge in [0.2, 0.25) is 11.8 Å². The third-order valence-electron chi connectivity index (χ3n) is 13.6. The van der Waals surface area contributed by atoms with Gasteiger partial charge < -0.3 is 49.9 Å². The zero-order valence-corrected chi connectivity index (χ0v) is 38.6. The minimum Gasteiger partial charge on any atom is -0.465 e. The molecule has 0 aliphatic carbocycles. The van der Waals surface area contributed by atoms with Gasteiger partial charge in [-0.1, -0.05) is 58.0 Å². The van der Waals surface area contributed by atoms with Crippen LogP contribution in [0.4, 0.5) is 15.3 Å². The zero-order valence-electron chi connectivity index (χ0n) is 38.6. The Morgan fingerprint density at radius 3 is 1.61 bits per heavy atom. The van der Waals surface area contributed by atoms with Crippen LogP contribution in [0.2, 0.25) is 0 Å². The van der Waals surface area contributed by atoms with Crippen LogP contribution in [0.5, 0.6) is 11.5 Å². The number of nitrogens with one attached hydrogen (secondary N) is 4. The number of benzene rings is 4. The van der Waals surface area contributed by atoms with Crippen LogP contribution in [0.15, 0.2) is 91.0 Å². The molecule has 5 N–H and O–H groups in total. The molecular weight excluding hydrogens is 851 g/mol. The minimum atomic E-state index is -1.22. The summed E-state index contributed by atoms with van der Waals surface area (Å²) < 4.78 is 11.0. The van der Waals surface area contributed by atoms with Crippen molar-refractivity contribution in [2.45, 2.75) is 102 Å². The number of carbonyl (C=O) groups excluding carboxylic acids is 3. The predicted molar refractivity (Wildman–Crippen MR) is 254 cm³/mol. The van der Waals surface area contributed by atoms with E-state index in [2.05, 4.69) is 74.0 Å². The first-order valence-electron chi connectivity index (χ1n) is 23.4. The molecule has 5 heterocycles. The molecule has 0 bridgehead atoms. The predicted octanol–water partition coefficient (Wildman–Crippen LogP) is 9.31. The number of para-hydroxylation sites is 1. The largest absolute Gasteiger partial charge is 0.465 e. The molecule has 67 heavy (non-hydrogen) atoms. The van der Waals surface area contributed by atoms with Gasteiger partial charge in [-0.2, -0.15) is 0 Å². The highest BCUT2D eigenvalue weighted by molar-refractivity contribution is 5.87. The Bertz CT molecular complexity index is 2750. The molecule has 3 fully saturated rings. The van der Waals surface area contributed by atoms with Gasteiger partial charge in [-0.3, -0.25) is 9.59 Å². The molecule has 16 nitrogen and oxygen atoms in total. The number of ether oxygens (including phenoxy) is 2. The first-order chi connectivity index (χ1) is 32.4. The number of hydrogen-bond acceptors (Lipinski definition) is 9. The summed E-state index contributed by atoms with van der Waals surface area (Å²) >= 11 is 0. The summed E-state index contributed by atoms with van der Waals surface area (Å²) in [5, 5.41) is 14.6. The zero-order chi connectivity index (χ0) is 46.9. The Morgan fingerprint density at radius 1 is 0.642 bits per heavy atom. The smallest absolute Gasteiger partial charge is 0.407 e. The Balaban J connectivity index is 1.01. The number of anilines is 1. The van der Waals surface area contributed by atoms with Gasteiger partial charge in [0.15, 0.2) is 0 Å². The molecule has 3 aliphatic rings. The number of rotatable bonds is 13. The molecule has 9 rings (SSSR count). The normalized spacial score (nSPS) is 20.5. The number of aromatic amines is 2. The van der Waals surface area contributed by atoms with Crippen molar-refractivity contribution in [3.8, 4) is 11.5 Å². The van der Waals surface area contributed by atoms with Gasteiger partial charge in [0.1, 0.15) is 35.2 Å². The number of alkyl carbamates (subject to hydrolysis) is 1. The van der Waals surface area contributed by atoms with Crippen molar-refractivity contribution in [2.75, 3.05) is 25.1 Å². The quantitative estimate of drug-likeness (QED) is 0.0744. The number of aromatic nitrogens is 4. The van der Waals surface area contributed by atoms with Crippen molar-refractivity contribution in [1.29, 1.82) is 0 Å². The van der Waals surface area contributed by atoms with Gasteiger partial charge in [-0.15, -0.1) is 0 Å². The fraction of sp³-hybridized carbons (Fsp3) is 0.412. The van der Waals surface area contributed by atoms with E-state index in [1.54, 1.807) is 4.90 Å². The monoisotopic (exact) mass is 909 g/mol. The number of likely N-dealkylation sites (tertiary alicyclic amines) is 2. The Labute approximate surface area is 389 Å².